The van der Waals surface area contributed by atoms with Crippen LogP contribution in [0.3, 0.4) is 0 Å². The fraction of sp³-hybridized carbons (Fsp3) is 0.375. The molecule has 3 rings (SSSR count). The Hall–Kier alpha value is -2.14. The molecular weight excluding hydrogens is 268 g/mol. The zero-order valence-electron chi connectivity index (χ0n) is 11.7. The Morgan fingerprint density at radius 3 is 2.76 bits per heavy atom. The van der Waals surface area contributed by atoms with Crippen LogP contribution in [0.2, 0.25) is 0 Å². The van der Waals surface area contributed by atoms with Gasteiger partial charge >= 0.3 is 5.97 Å². The molecule has 0 amide bonds. The summed E-state index contributed by atoms with van der Waals surface area (Å²) in [6.45, 7) is 1.38. The first-order valence-electron chi connectivity index (χ1n) is 7.14. The van der Waals surface area contributed by atoms with Crippen molar-refractivity contribution in [3.63, 3.8) is 0 Å². The molecule has 1 aliphatic carbocycles. The smallest absolute Gasteiger partial charge is 0.317 e. The second kappa shape index (κ2) is 6.10. The van der Waals surface area contributed by atoms with E-state index in [1.54, 1.807) is 6.26 Å². The highest BCUT2D eigenvalue weighted by atomic mass is 16.4. The van der Waals surface area contributed by atoms with Gasteiger partial charge in [0.25, 0.3) is 0 Å². The van der Waals surface area contributed by atoms with Gasteiger partial charge in [-0.1, -0.05) is 18.2 Å². The predicted molar refractivity (Wildman–Crippen MR) is 77.6 cm³/mol. The van der Waals surface area contributed by atoms with Gasteiger partial charge in [0.2, 0.25) is 5.89 Å². The van der Waals surface area contributed by atoms with Crippen LogP contribution in [0.15, 0.2) is 41.0 Å². The minimum Gasteiger partial charge on any atom is -0.480 e. The summed E-state index contributed by atoms with van der Waals surface area (Å²) in [5.41, 5.74) is 1.70. The Labute approximate surface area is 123 Å². The molecule has 5 nitrogen and oxygen atoms in total. The molecule has 1 aromatic heterocycles. The molecular formula is C16H18N2O3. The van der Waals surface area contributed by atoms with E-state index in [-0.39, 0.29) is 6.54 Å². The lowest BCUT2D eigenvalue weighted by Gasteiger charge is -2.18. The molecule has 0 bridgehead atoms. The van der Waals surface area contributed by atoms with Crippen molar-refractivity contribution in [1.82, 2.24) is 9.88 Å². The second-order valence-corrected chi connectivity index (χ2v) is 5.52. The van der Waals surface area contributed by atoms with Gasteiger partial charge in [0.15, 0.2) is 0 Å². The first kappa shape index (κ1) is 13.8. The second-order valence-electron chi connectivity index (χ2n) is 5.52. The van der Waals surface area contributed by atoms with Crippen LogP contribution in [0.4, 0.5) is 0 Å². The molecule has 0 aliphatic heterocycles. The molecule has 1 heterocycles. The normalized spacial score (nSPS) is 14.5. The van der Waals surface area contributed by atoms with Gasteiger partial charge < -0.3 is 9.52 Å². The molecule has 1 N–H and O–H groups in total. The molecule has 0 saturated heterocycles. The van der Waals surface area contributed by atoms with E-state index in [2.05, 4.69) is 4.98 Å². The van der Waals surface area contributed by atoms with Crippen LogP contribution in [-0.2, 0) is 11.3 Å². The quantitative estimate of drug-likeness (QED) is 0.847. The summed E-state index contributed by atoms with van der Waals surface area (Å²) >= 11 is 0. The van der Waals surface area contributed by atoms with Crippen LogP contribution in [0.5, 0.6) is 0 Å². The average Bonchev–Trinajstić information content (AvgIpc) is 3.15. The molecule has 0 radical (unpaired) electrons. The SMILES string of the molecule is O=C(O)CN(Cc1coc(-c2ccccc2)n1)CC1CC1. The molecule has 110 valence electrons. The fourth-order valence-electron chi connectivity index (χ4n) is 2.36. The van der Waals surface area contributed by atoms with Crippen LogP contribution < -0.4 is 0 Å². The lowest BCUT2D eigenvalue weighted by atomic mass is 10.2. The Bertz CT molecular complexity index is 605. The molecule has 1 aromatic carbocycles. The Balaban J connectivity index is 1.68. The van der Waals surface area contributed by atoms with Crippen LogP contribution >= 0.6 is 0 Å². The van der Waals surface area contributed by atoms with Crippen molar-refractivity contribution in [1.29, 1.82) is 0 Å². The first-order chi connectivity index (χ1) is 10.2. The van der Waals surface area contributed by atoms with Crippen molar-refractivity contribution >= 4 is 5.97 Å². The van der Waals surface area contributed by atoms with Crippen LogP contribution in [0.25, 0.3) is 11.5 Å². The minimum atomic E-state index is -0.803. The summed E-state index contributed by atoms with van der Waals surface area (Å²) in [4.78, 5) is 17.3. The van der Waals surface area contributed by atoms with Gasteiger partial charge in [0, 0.05) is 18.7 Å². The zero-order chi connectivity index (χ0) is 14.7. The molecule has 0 spiro atoms. The summed E-state index contributed by atoms with van der Waals surface area (Å²) in [7, 11) is 0. The standard InChI is InChI=1S/C16H18N2O3/c19-15(20)10-18(8-12-6-7-12)9-14-11-21-16(17-14)13-4-2-1-3-5-13/h1-5,11-12H,6-10H2,(H,19,20). The topological polar surface area (TPSA) is 66.6 Å². The Morgan fingerprint density at radius 2 is 2.10 bits per heavy atom. The highest BCUT2D eigenvalue weighted by Gasteiger charge is 2.25. The van der Waals surface area contributed by atoms with E-state index in [0.29, 0.717) is 18.4 Å². The monoisotopic (exact) mass is 286 g/mol. The van der Waals surface area contributed by atoms with Gasteiger partial charge in [-0.2, -0.15) is 0 Å². The van der Waals surface area contributed by atoms with Crippen LogP contribution in [-0.4, -0.2) is 34.0 Å². The zero-order valence-corrected chi connectivity index (χ0v) is 11.7. The lowest BCUT2D eigenvalue weighted by Crippen LogP contribution is -2.31. The molecule has 0 unspecified atom stereocenters. The van der Waals surface area contributed by atoms with Crippen molar-refractivity contribution in [2.45, 2.75) is 19.4 Å². The molecule has 2 aromatic rings. The largest absolute Gasteiger partial charge is 0.480 e. The van der Waals surface area contributed by atoms with Gasteiger partial charge in [-0.05, 0) is 30.9 Å². The maximum Gasteiger partial charge on any atom is 0.317 e. The molecule has 21 heavy (non-hydrogen) atoms. The molecule has 0 atom stereocenters. The number of nitrogens with zero attached hydrogens (tertiary/aromatic N) is 2. The van der Waals surface area contributed by atoms with Crippen molar-refractivity contribution in [3.05, 3.63) is 42.3 Å². The van der Waals surface area contributed by atoms with Crippen LogP contribution in [0.1, 0.15) is 18.5 Å². The number of aliphatic carboxylic acids is 1. The Morgan fingerprint density at radius 1 is 1.33 bits per heavy atom. The van der Waals surface area contributed by atoms with E-state index in [1.165, 1.54) is 12.8 Å². The van der Waals surface area contributed by atoms with E-state index in [4.69, 9.17) is 9.52 Å². The van der Waals surface area contributed by atoms with Crippen molar-refractivity contribution in [2.75, 3.05) is 13.1 Å². The number of hydrogen-bond acceptors (Lipinski definition) is 4. The molecule has 5 heteroatoms. The van der Waals surface area contributed by atoms with E-state index in [1.807, 2.05) is 35.2 Å². The number of carboxylic acids is 1. The van der Waals surface area contributed by atoms with Gasteiger partial charge in [0.05, 0.1) is 12.2 Å². The van der Waals surface area contributed by atoms with Gasteiger partial charge in [-0.15, -0.1) is 0 Å². The van der Waals surface area contributed by atoms with Crippen molar-refractivity contribution in [3.8, 4) is 11.5 Å². The molecule has 1 saturated carbocycles. The Kier molecular flexibility index (Phi) is 4.01. The fourth-order valence-corrected chi connectivity index (χ4v) is 2.36. The summed E-state index contributed by atoms with van der Waals surface area (Å²) in [6, 6.07) is 9.69. The number of oxazole rings is 1. The number of carboxylic acid groups (broad SMARTS) is 1. The van der Waals surface area contributed by atoms with Crippen molar-refractivity contribution < 1.29 is 14.3 Å². The highest BCUT2D eigenvalue weighted by molar-refractivity contribution is 5.69. The third-order valence-electron chi connectivity index (χ3n) is 3.53. The van der Waals surface area contributed by atoms with Gasteiger partial charge in [-0.3, -0.25) is 9.69 Å². The summed E-state index contributed by atoms with van der Waals surface area (Å²) in [5, 5.41) is 8.99. The maximum atomic E-state index is 10.9. The van der Waals surface area contributed by atoms with Crippen molar-refractivity contribution in [2.24, 2.45) is 5.92 Å². The first-order valence-corrected chi connectivity index (χ1v) is 7.14. The maximum absolute atomic E-state index is 10.9. The number of rotatable bonds is 7. The third-order valence-corrected chi connectivity index (χ3v) is 3.53. The third kappa shape index (κ3) is 3.92. The van der Waals surface area contributed by atoms with Gasteiger partial charge in [0.1, 0.15) is 6.26 Å². The lowest BCUT2D eigenvalue weighted by molar-refractivity contribution is -0.138. The summed E-state index contributed by atoms with van der Waals surface area (Å²) in [6.07, 6.45) is 4.01. The molecule has 1 aliphatic rings. The number of aromatic nitrogens is 1. The van der Waals surface area contributed by atoms with E-state index in [0.717, 1.165) is 17.8 Å². The van der Waals surface area contributed by atoms with E-state index >= 15 is 0 Å². The number of carbonyl (C=O) groups is 1. The average molecular weight is 286 g/mol. The predicted octanol–water partition coefficient (Wildman–Crippen LogP) is 2.64. The number of benzene rings is 1. The minimum absolute atomic E-state index is 0.0457. The van der Waals surface area contributed by atoms with E-state index < -0.39 is 5.97 Å². The number of hydrogen-bond donors (Lipinski definition) is 1. The van der Waals surface area contributed by atoms with Crippen LogP contribution in [0, 0.1) is 5.92 Å². The molecule has 1 fully saturated rings. The van der Waals surface area contributed by atoms with E-state index in [9.17, 15) is 4.79 Å². The summed E-state index contributed by atoms with van der Waals surface area (Å²) in [5.74, 6) is 0.416. The van der Waals surface area contributed by atoms with Gasteiger partial charge in [-0.25, -0.2) is 4.98 Å². The summed E-state index contributed by atoms with van der Waals surface area (Å²) < 4.78 is 5.49. The highest BCUT2D eigenvalue weighted by Crippen LogP contribution is 2.30.